The van der Waals surface area contributed by atoms with Crippen molar-refractivity contribution < 1.29 is 9.90 Å². The van der Waals surface area contributed by atoms with Gasteiger partial charge in [0.25, 0.3) is 0 Å². The predicted octanol–water partition coefficient (Wildman–Crippen LogP) is 1.87. The summed E-state index contributed by atoms with van der Waals surface area (Å²) in [6.07, 6.45) is 0. The van der Waals surface area contributed by atoms with Crippen molar-refractivity contribution in [2.24, 2.45) is 0 Å². The Balaban J connectivity index is 2.79. The third-order valence-corrected chi connectivity index (χ3v) is 2.40. The van der Waals surface area contributed by atoms with E-state index in [4.69, 9.17) is 5.11 Å². The molecular weight excluding hydrogens is 283 g/mol. The fourth-order valence-corrected chi connectivity index (χ4v) is 1.64. The summed E-state index contributed by atoms with van der Waals surface area (Å²) in [6.45, 7) is 0. The molecule has 5 heteroatoms. The first-order valence-electron chi connectivity index (χ1n) is 3.55. The second kappa shape index (κ2) is 2.99. The fourth-order valence-electron chi connectivity index (χ4n) is 1.15. The Kier molecular flexibility index (Phi) is 1.95. The molecule has 0 aliphatic carbocycles. The number of rotatable bonds is 1. The molecule has 1 aromatic carbocycles. The Hall–Kier alpha value is -1.11. The van der Waals surface area contributed by atoms with Crippen LogP contribution in [0.25, 0.3) is 10.9 Å². The zero-order chi connectivity index (χ0) is 9.42. The fraction of sp³-hybridized carbons (Fsp3) is 0. The molecule has 13 heavy (non-hydrogen) atoms. The number of hydrogen-bond acceptors (Lipinski definition) is 2. The normalized spacial score (nSPS) is 10.5. The lowest BCUT2D eigenvalue weighted by molar-refractivity contribution is 0.0692. The highest BCUT2D eigenvalue weighted by Gasteiger charge is 2.11. The molecule has 66 valence electrons. The van der Waals surface area contributed by atoms with Gasteiger partial charge >= 0.3 is 5.97 Å². The molecule has 2 N–H and O–H groups in total. The number of benzene rings is 1. The maximum Gasteiger partial charge on any atom is 0.357 e. The first-order valence-corrected chi connectivity index (χ1v) is 4.63. The van der Waals surface area contributed by atoms with Gasteiger partial charge in [-0.05, 0) is 40.8 Å². The number of carboxylic acids is 1. The van der Waals surface area contributed by atoms with Crippen LogP contribution in [0.4, 0.5) is 0 Å². The largest absolute Gasteiger partial charge is 0.476 e. The summed E-state index contributed by atoms with van der Waals surface area (Å²) in [6, 6.07) is 5.51. The number of carbonyl (C=O) groups is 1. The Labute approximate surface area is 87.1 Å². The number of halogens is 1. The van der Waals surface area contributed by atoms with Gasteiger partial charge in [-0.15, -0.1) is 0 Å². The zero-order valence-electron chi connectivity index (χ0n) is 6.41. The minimum absolute atomic E-state index is 0.0773. The third kappa shape index (κ3) is 1.39. The van der Waals surface area contributed by atoms with Crippen LogP contribution in [0.2, 0.25) is 0 Å². The molecule has 0 bridgehead atoms. The number of carboxylic acid groups (broad SMARTS) is 1. The van der Waals surface area contributed by atoms with Crippen molar-refractivity contribution in [2.75, 3.05) is 0 Å². The highest BCUT2D eigenvalue weighted by Crippen LogP contribution is 2.18. The van der Waals surface area contributed by atoms with Gasteiger partial charge in [0.15, 0.2) is 5.69 Å². The predicted molar refractivity (Wildman–Crippen MR) is 55.8 cm³/mol. The van der Waals surface area contributed by atoms with E-state index in [2.05, 4.69) is 32.8 Å². The minimum atomic E-state index is -1.01. The van der Waals surface area contributed by atoms with Gasteiger partial charge < -0.3 is 5.11 Å². The average molecular weight is 288 g/mol. The van der Waals surface area contributed by atoms with E-state index in [1.807, 2.05) is 12.1 Å². The van der Waals surface area contributed by atoms with Crippen molar-refractivity contribution in [1.82, 2.24) is 10.2 Å². The summed E-state index contributed by atoms with van der Waals surface area (Å²) in [5, 5.41) is 15.8. The van der Waals surface area contributed by atoms with E-state index in [9.17, 15) is 4.79 Å². The molecule has 0 atom stereocenters. The maximum absolute atomic E-state index is 10.7. The van der Waals surface area contributed by atoms with E-state index >= 15 is 0 Å². The molecule has 0 unspecified atom stereocenters. The van der Waals surface area contributed by atoms with E-state index in [1.165, 1.54) is 0 Å². The smallest absolute Gasteiger partial charge is 0.357 e. The highest BCUT2D eigenvalue weighted by atomic mass is 127. The number of hydrogen-bond donors (Lipinski definition) is 2. The Morgan fingerprint density at radius 1 is 1.54 bits per heavy atom. The molecule has 2 aromatic rings. The van der Waals surface area contributed by atoms with Gasteiger partial charge in [0.2, 0.25) is 0 Å². The maximum atomic E-state index is 10.7. The van der Waals surface area contributed by atoms with Crippen LogP contribution in [0.15, 0.2) is 18.2 Å². The van der Waals surface area contributed by atoms with E-state index in [-0.39, 0.29) is 5.69 Å². The summed E-state index contributed by atoms with van der Waals surface area (Å²) in [5.41, 5.74) is 0.825. The molecule has 0 aliphatic heterocycles. The van der Waals surface area contributed by atoms with Crippen molar-refractivity contribution in [3.63, 3.8) is 0 Å². The minimum Gasteiger partial charge on any atom is -0.476 e. The average Bonchev–Trinajstić information content (AvgIpc) is 2.46. The summed E-state index contributed by atoms with van der Waals surface area (Å²) >= 11 is 2.13. The molecule has 2 rings (SSSR count). The molecule has 4 nitrogen and oxygen atoms in total. The first-order chi connectivity index (χ1) is 6.18. The number of aromatic carboxylic acids is 1. The quantitative estimate of drug-likeness (QED) is 0.787. The van der Waals surface area contributed by atoms with Gasteiger partial charge in [0.05, 0.1) is 5.52 Å². The van der Waals surface area contributed by atoms with Crippen LogP contribution in [-0.4, -0.2) is 21.3 Å². The monoisotopic (exact) mass is 288 g/mol. The number of nitrogens with one attached hydrogen (secondary N) is 1. The van der Waals surface area contributed by atoms with Crippen LogP contribution in [0.3, 0.4) is 0 Å². The van der Waals surface area contributed by atoms with Crippen LogP contribution < -0.4 is 0 Å². The molecule has 1 aromatic heterocycles. The van der Waals surface area contributed by atoms with Gasteiger partial charge in [-0.3, -0.25) is 5.10 Å². The first kappa shape index (κ1) is 8.49. The van der Waals surface area contributed by atoms with Crippen molar-refractivity contribution in [3.05, 3.63) is 27.5 Å². The second-order valence-electron chi connectivity index (χ2n) is 2.57. The second-order valence-corrected chi connectivity index (χ2v) is 3.81. The zero-order valence-corrected chi connectivity index (χ0v) is 8.57. The van der Waals surface area contributed by atoms with Crippen molar-refractivity contribution in [1.29, 1.82) is 0 Å². The lowest BCUT2D eigenvalue weighted by Crippen LogP contribution is -1.96. The molecule has 0 fully saturated rings. The van der Waals surface area contributed by atoms with E-state index in [0.717, 1.165) is 9.09 Å². The van der Waals surface area contributed by atoms with Crippen LogP contribution >= 0.6 is 22.6 Å². The summed E-state index contributed by atoms with van der Waals surface area (Å²) in [4.78, 5) is 10.7. The molecule has 0 radical (unpaired) electrons. The van der Waals surface area contributed by atoms with Crippen LogP contribution in [-0.2, 0) is 0 Å². The van der Waals surface area contributed by atoms with E-state index in [0.29, 0.717) is 5.39 Å². The van der Waals surface area contributed by atoms with Gasteiger partial charge in [-0.25, -0.2) is 4.79 Å². The molecule has 1 heterocycles. The van der Waals surface area contributed by atoms with Gasteiger partial charge in [-0.2, -0.15) is 5.10 Å². The summed E-state index contributed by atoms with van der Waals surface area (Å²) in [7, 11) is 0. The molecule has 0 aliphatic rings. The highest BCUT2D eigenvalue weighted by molar-refractivity contribution is 14.1. The van der Waals surface area contributed by atoms with Crippen molar-refractivity contribution in [3.8, 4) is 0 Å². The summed E-state index contributed by atoms with van der Waals surface area (Å²) in [5.74, 6) is -1.01. The number of aromatic nitrogens is 2. The Morgan fingerprint density at radius 3 is 3.00 bits per heavy atom. The molecule has 0 spiro atoms. The topological polar surface area (TPSA) is 66.0 Å². The van der Waals surface area contributed by atoms with Crippen LogP contribution in [0.5, 0.6) is 0 Å². The van der Waals surface area contributed by atoms with Gasteiger partial charge in [0, 0.05) is 8.96 Å². The van der Waals surface area contributed by atoms with Crippen molar-refractivity contribution in [2.45, 2.75) is 0 Å². The number of H-pyrrole nitrogens is 1. The summed E-state index contributed by atoms with van der Waals surface area (Å²) < 4.78 is 0.994. The van der Waals surface area contributed by atoms with E-state index < -0.39 is 5.97 Å². The Morgan fingerprint density at radius 2 is 2.31 bits per heavy atom. The molecule has 0 saturated heterocycles. The number of fused-ring (bicyclic) bond motifs is 1. The molecule has 0 saturated carbocycles. The van der Waals surface area contributed by atoms with Gasteiger partial charge in [-0.1, -0.05) is 0 Å². The number of nitrogens with zero attached hydrogens (tertiary/aromatic N) is 1. The van der Waals surface area contributed by atoms with E-state index in [1.54, 1.807) is 6.07 Å². The number of aromatic amines is 1. The van der Waals surface area contributed by atoms with Gasteiger partial charge in [0.1, 0.15) is 0 Å². The van der Waals surface area contributed by atoms with Crippen LogP contribution in [0, 0.1) is 3.57 Å². The van der Waals surface area contributed by atoms with Crippen molar-refractivity contribution >= 4 is 39.5 Å². The van der Waals surface area contributed by atoms with Crippen LogP contribution in [0.1, 0.15) is 10.5 Å². The molecule has 0 amide bonds. The standard InChI is InChI=1S/C8H5IN2O2/c9-4-1-2-6-5(3-4)7(8(12)13)11-10-6/h1-3H,(H,10,11)(H,12,13). The lowest BCUT2D eigenvalue weighted by atomic mass is 10.2. The lowest BCUT2D eigenvalue weighted by Gasteiger charge is -1.91. The Bertz CT molecular complexity index is 478. The SMILES string of the molecule is O=C(O)c1n[nH]c2ccc(I)cc12. The third-order valence-electron chi connectivity index (χ3n) is 1.73. The molecular formula is C8H5IN2O2.